The average molecular weight is 831 g/mol. The van der Waals surface area contributed by atoms with Crippen molar-refractivity contribution in [3.63, 3.8) is 0 Å². The Bertz CT molecular complexity index is 2110. The van der Waals surface area contributed by atoms with Crippen molar-refractivity contribution in [1.29, 1.82) is 10.8 Å². The zero-order valence-electron chi connectivity index (χ0n) is 33.5. The minimum absolute atomic E-state index is 0.190. The maximum Gasteiger partial charge on any atom is 0.226 e. The molecule has 16 nitrogen and oxygen atoms in total. The van der Waals surface area contributed by atoms with E-state index in [1.165, 1.54) is 0 Å². The molecule has 3 aromatic carbocycles. The molecule has 1 fully saturated rings. The standard InChI is InChI=1S/C24H31N3O5S.C18H23N5O3/c1-31-13-2-14-32-22-15-17(6-12-23(28)27-24(25)26)5-11-21(22)19-7-9-20(10-8-19)33(29,30)16-18-3-4-18;1-25-10-3-11-26-15-12-13(5-7-16(24)23-18(19)20)4-6-14(15)17-21-8-2-9-22-17/h5,7-11,15,18H,2-4,6,12-14,16H2,1H3,(H4,25,26,27,28);2,4,6,8-9,12H,3,5,7,10-11H2,1H3,(H4,19,20,23,24). The number of nitrogens with one attached hydrogen (secondary N) is 4. The Labute approximate surface area is 345 Å². The Morgan fingerprint density at radius 3 is 1.69 bits per heavy atom. The number of hydrogen-bond donors (Lipinski definition) is 6. The summed E-state index contributed by atoms with van der Waals surface area (Å²) in [5, 5.41) is 18.8. The van der Waals surface area contributed by atoms with Gasteiger partial charge < -0.3 is 30.4 Å². The number of aromatic nitrogens is 2. The summed E-state index contributed by atoms with van der Waals surface area (Å²) in [4.78, 5) is 32.3. The summed E-state index contributed by atoms with van der Waals surface area (Å²) in [5.41, 5.74) is 14.7. The molecule has 4 aromatic rings. The van der Waals surface area contributed by atoms with Gasteiger partial charge >= 0.3 is 0 Å². The lowest BCUT2D eigenvalue weighted by molar-refractivity contribution is -0.120. The van der Waals surface area contributed by atoms with Gasteiger partial charge in [-0.1, -0.05) is 30.3 Å². The van der Waals surface area contributed by atoms with Gasteiger partial charge in [0.15, 0.2) is 27.6 Å². The van der Waals surface area contributed by atoms with E-state index in [2.05, 4.69) is 20.6 Å². The summed E-state index contributed by atoms with van der Waals surface area (Å²) < 4.78 is 47.1. The number of nitrogens with zero attached hydrogens (tertiary/aromatic N) is 2. The molecular weight excluding hydrogens is 777 g/mol. The molecule has 0 saturated heterocycles. The third-order valence-corrected chi connectivity index (χ3v) is 10.8. The van der Waals surface area contributed by atoms with Crippen LogP contribution in [0.25, 0.3) is 22.5 Å². The van der Waals surface area contributed by atoms with Gasteiger partial charge in [0.05, 0.1) is 29.4 Å². The average Bonchev–Trinajstić information content (AvgIpc) is 4.03. The van der Waals surface area contributed by atoms with Gasteiger partial charge in [0.25, 0.3) is 0 Å². The number of carbonyl (C=O) groups is 2. The second kappa shape index (κ2) is 23.5. The SMILES string of the molecule is COCCCOc1cc(CCC(=O)NC(=N)N)ccc1-c1ccc(S(=O)(=O)CC2CC2)cc1.COCCCOc1cc(CCC(=O)NC(=N)N)ccc1-c1ncccn1. The highest BCUT2D eigenvalue weighted by atomic mass is 32.2. The summed E-state index contributed by atoms with van der Waals surface area (Å²) in [7, 11) is 0.0201. The van der Waals surface area contributed by atoms with Crippen LogP contribution in [-0.2, 0) is 41.7 Å². The van der Waals surface area contributed by atoms with E-state index < -0.39 is 9.84 Å². The number of benzene rings is 3. The van der Waals surface area contributed by atoms with Crippen molar-refractivity contribution in [1.82, 2.24) is 20.6 Å². The number of aryl methyl sites for hydroxylation is 2. The molecule has 0 unspecified atom stereocenters. The lowest BCUT2D eigenvalue weighted by atomic mass is 10.0. The van der Waals surface area contributed by atoms with Gasteiger partial charge in [0.1, 0.15) is 11.5 Å². The molecule has 1 saturated carbocycles. The van der Waals surface area contributed by atoms with Crippen molar-refractivity contribution in [3.05, 3.63) is 90.3 Å². The number of guanidine groups is 2. The molecule has 0 atom stereocenters. The highest BCUT2D eigenvalue weighted by Gasteiger charge is 2.29. The summed E-state index contributed by atoms with van der Waals surface area (Å²) in [6.07, 6.45) is 8.20. The van der Waals surface area contributed by atoms with Crippen LogP contribution >= 0.6 is 0 Å². The molecule has 0 radical (unpaired) electrons. The van der Waals surface area contributed by atoms with Crippen LogP contribution in [0.4, 0.5) is 0 Å². The largest absolute Gasteiger partial charge is 0.493 e. The predicted molar refractivity (Wildman–Crippen MR) is 225 cm³/mol. The van der Waals surface area contributed by atoms with E-state index >= 15 is 0 Å². The van der Waals surface area contributed by atoms with Crippen molar-refractivity contribution < 1.29 is 37.0 Å². The topological polar surface area (TPSA) is 255 Å². The third-order valence-electron chi connectivity index (χ3n) is 8.91. The molecule has 1 aliphatic carbocycles. The van der Waals surface area contributed by atoms with Gasteiger partial charge in [-0.25, -0.2) is 18.4 Å². The van der Waals surface area contributed by atoms with Gasteiger partial charge in [0.2, 0.25) is 11.8 Å². The van der Waals surface area contributed by atoms with E-state index in [4.69, 9.17) is 41.2 Å². The second-order valence-corrected chi connectivity index (χ2v) is 15.8. The van der Waals surface area contributed by atoms with Crippen molar-refractivity contribution in [2.45, 2.75) is 56.3 Å². The van der Waals surface area contributed by atoms with Gasteiger partial charge in [-0.2, -0.15) is 0 Å². The molecule has 2 amide bonds. The Morgan fingerprint density at radius 1 is 0.729 bits per heavy atom. The van der Waals surface area contributed by atoms with E-state index in [0.717, 1.165) is 53.5 Å². The van der Waals surface area contributed by atoms with Crippen LogP contribution in [0.5, 0.6) is 11.5 Å². The lowest BCUT2D eigenvalue weighted by Crippen LogP contribution is -2.35. The first kappa shape index (κ1) is 45.8. The van der Waals surface area contributed by atoms with E-state index in [-0.39, 0.29) is 42.3 Å². The summed E-state index contributed by atoms with van der Waals surface area (Å²) >= 11 is 0. The normalized spacial score (nSPS) is 12.1. The number of sulfone groups is 1. The summed E-state index contributed by atoms with van der Waals surface area (Å²) in [6, 6.07) is 20.1. The maximum atomic E-state index is 12.5. The molecule has 0 aliphatic heterocycles. The fraction of sp³-hybridized carbons (Fsp3) is 0.381. The van der Waals surface area contributed by atoms with Crippen LogP contribution < -0.4 is 31.6 Å². The van der Waals surface area contributed by atoms with Gasteiger partial charge in [-0.05, 0) is 84.7 Å². The fourth-order valence-corrected chi connectivity index (χ4v) is 7.49. The first-order chi connectivity index (χ1) is 28.4. The van der Waals surface area contributed by atoms with Crippen molar-refractivity contribution in [2.24, 2.45) is 17.4 Å². The number of nitrogens with two attached hydrogens (primary N) is 2. The highest BCUT2D eigenvalue weighted by molar-refractivity contribution is 7.91. The number of ether oxygens (including phenoxy) is 4. The smallest absolute Gasteiger partial charge is 0.226 e. The molecule has 1 aromatic heterocycles. The van der Waals surface area contributed by atoms with Crippen LogP contribution in [0.2, 0.25) is 0 Å². The number of methoxy groups -OCH3 is 2. The van der Waals surface area contributed by atoms with Crippen LogP contribution in [-0.4, -0.2) is 88.5 Å². The first-order valence-electron chi connectivity index (χ1n) is 19.3. The molecule has 5 rings (SSSR count). The van der Waals surface area contributed by atoms with E-state index in [1.807, 2.05) is 36.4 Å². The number of rotatable bonds is 21. The minimum atomic E-state index is -3.26. The Kier molecular flexibility index (Phi) is 18.2. The number of amides is 2. The Morgan fingerprint density at radius 2 is 1.22 bits per heavy atom. The number of carbonyl (C=O) groups excluding carboxylic acids is 2. The first-order valence-corrected chi connectivity index (χ1v) is 20.9. The van der Waals surface area contributed by atoms with Gasteiger partial charge in [0, 0.05) is 71.1 Å². The molecule has 1 aliphatic rings. The predicted octanol–water partition coefficient (Wildman–Crippen LogP) is 4.40. The zero-order chi connectivity index (χ0) is 42.6. The molecule has 1 heterocycles. The molecule has 8 N–H and O–H groups in total. The van der Waals surface area contributed by atoms with Crippen LogP contribution in [0.3, 0.4) is 0 Å². The van der Waals surface area contributed by atoms with Crippen molar-refractivity contribution in [3.8, 4) is 34.0 Å². The third kappa shape index (κ3) is 16.1. The molecular formula is C42H54N8O8S. The minimum Gasteiger partial charge on any atom is -0.493 e. The van der Waals surface area contributed by atoms with Crippen molar-refractivity contribution in [2.75, 3.05) is 46.4 Å². The van der Waals surface area contributed by atoms with Gasteiger partial charge in [-0.3, -0.25) is 31.0 Å². The van der Waals surface area contributed by atoms with Crippen LogP contribution in [0, 0.1) is 16.7 Å². The Balaban J connectivity index is 0.000000268. The zero-order valence-corrected chi connectivity index (χ0v) is 34.3. The van der Waals surface area contributed by atoms with Crippen LogP contribution in [0.15, 0.2) is 84.0 Å². The summed E-state index contributed by atoms with van der Waals surface area (Å²) in [6.45, 7) is 2.15. The van der Waals surface area contributed by atoms with Crippen molar-refractivity contribution >= 4 is 33.6 Å². The number of hydrogen-bond acceptors (Lipinski definition) is 12. The second-order valence-electron chi connectivity index (χ2n) is 13.8. The summed E-state index contributed by atoms with van der Waals surface area (Å²) in [5.74, 6) is 1.07. The molecule has 0 bridgehead atoms. The van der Waals surface area contributed by atoms with Gasteiger partial charge in [-0.15, -0.1) is 0 Å². The van der Waals surface area contributed by atoms with E-state index in [9.17, 15) is 18.0 Å². The van der Waals surface area contributed by atoms with E-state index in [1.54, 1.807) is 56.9 Å². The molecule has 59 heavy (non-hydrogen) atoms. The Hall–Kier alpha value is -5.91. The maximum absolute atomic E-state index is 12.5. The molecule has 0 spiro atoms. The lowest BCUT2D eigenvalue weighted by Gasteiger charge is -2.14. The van der Waals surface area contributed by atoms with E-state index in [0.29, 0.717) is 67.4 Å². The quantitative estimate of drug-likeness (QED) is 0.0388. The highest BCUT2D eigenvalue weighted by Crippen LogP contribution is 2.35. The van der Waals surface area contributed by atoms with Crippen LogP contribution in [0.1, 0.15) is 49.7 Å². The monoisotopic (exact) mass is 830 g/mol. The molecule has 316 valence electrons. The fourth-order valence-electron chi connectivity index (χ4n) is 5.79. The molecule has 17 heteroatoms.